The van der Waals surface area contributed by atoms with Crippen LogP contribution in [0.15, 0.2) is 36.7 Å². The summed E-state index contributed by atoms with van der Waals surface area (Å²) in [4.78, 5) is 68.3. The predicted octanol–water partition coefficient (Wildman–Crippen LogP) is 5.29. The molecule has 2 fully saturated rings. The summed E-state index contributed by atoms with van der Waals surface area (Å²) in [6.45, 7) is 4.84. The van der Waals surface area contributed by atoms with Gasteiger partial charge in [-0.3, -0.25) is 23.9 Å². The first-order valence-electron chi connectivity index (χ1n) is 18.1. The molecule has 1 saturated carbocycles. The summed E-state index contributed by atoms with van der Waals surface area (Å²) in [6.07, 6.45) is 2.76. The molecule has 5 heterocycles. The van der Waals surface area contributed by atoms with Crippen LogP contribution in [0.25, 0.3) is 22.0 Å². The highest BCUT2D eigenvalue weighted by molar-refractivity contribution is 6.07. The lowest BCUT2D eigenvalue weighted by atomic mass is 9.95. The molecular formula is C38H41F3N8O5. The Morgan fingerprint density at radius 3 is 2.44 bits per heavy atom. The van der Waals surface area contributed by atoms with Crippen LogP contribution in [0.5, 0.6) is 6.01 Å². The number of aromatic nitrogens is 5. The van der Waals surface area contributed by atoms with E-state index in [1.54, 1.807) is 12.4 Å². The van der Waals surface area contributed by atoms with Crippen LogP contribution in [-0.4, -0.2) is 78.9 Å². The second kappa shape index (κ2) is 14.1. The number of alkyl halides is 3. The maximum absolute atomic E-state index is 14.6. The van der Waals surface area contributed by atoms with Crippen LogP contribution >= 0.6 is 0 Å². The molecule has 13 nitrogen and oxygen atoms in total. The normalized spacial score (nSPS) is 23.4. The Hall–Kier alpha value is -5.41. The SMILES string of the molecule is COc1ncc(-c2cc3c4c(c2)c(C(C)=O)nn4CC(=O)N2C4[C@H](C)[C@]4(CNC(=O)CCCCCC3)C[C@H]2C(=O)Nc2nc(C(F)(F)F)ccc2C)cn1. The minimum Gasteiger partial charge on any atom is -0.467 e. The number of nitrogens with zero attached hydrogens (tertiary/aromatic N) is 6. The van der Waals surface area contributed by atoms with Gasteiger partial charge < -0.3 is 20.3 Å². The van der Waals surface area contributed by atoms with Gasteiger partial charge in [-0.15, -0.1) is 0 Å². The van der Waals surface area contributed by atoms with E-state index in [0.717, 1.165) is 36.5 Å². The molecule has 3 amide bonds. The van der Waals surface area contributed by atoms with Gasteiger partial charge in [0.15, 0.2) is 5.78 Å². The van der Waals surface area contributed by atoms with Crippen molar-refractivity contribution in [2.45, 2.75) is 90.5 Å². The number of benzene rings is 1. The number of rotatable bonds is 5. The van der Waals surface area contributed by atoms with Gasteiger partial charge in [-0.2, -0.15) is 18.3 Å². The van der Waals surface area contributed by atoms with Crippen LogP contribution < -0.4 is 15.4 Å². The van der Waals surface area contributed by atoms with Crippen molar-refractivity contribution in [1.82, 2.24) is 34.9 Å². The van der Waals surface area contributed by atoms with Gasteiger partial charge in [0.1, 0.15) is 29.8 Å². The zero-order valence-electron chi connectivity index (χ0n) is 30.4. The van der Waals surface area contributed by atoms with Gasteiger partial charge in [0.25, 0.3) is 0 Å². The molecule has 0 radical (unpaired) electrons. The van der Waals surface area contributed by atoms with E-state index < -0.39 is 41.2 Å². The summed E-state index contributed by atoms with van der Waals surface area (Å²) in [5.74, 6) is -1.87. The van der Waals surface area contributed by atoms with Gasteiger partial charge in [-0.25, -0.2) is 15.0 Å². The Kier molecular flexibility index (Phi) is 9.64. The van der Waals surface area contributed by atoms with E-state index >= 15 is 0 Å². The van der Waals surface area contributed by atoms with E-state index in [9.17, 15) is 32.3 Å². The lowest BCUT2D eigenvalue weighted by molar-refractivity contribution is -0.141. The number of Topliss-reactive ketones (excluding diaryl/α,β-unsaturated/α-hetero) is 1. The average molecular weight is 747 g/mol. The minimum absolute atomic E-state index is 0.0786. The molecule has 0 spiro atoms. The number of anilines is 1. The molecule has 2 N–H and O–H groups in total. The van der Waals surface area contributed by atoms with Gasteiger partial charge >= 0.3 is 12.2 Å². The first kappa shape index (κ1) is 36.9. The van der Waals surface area contributed by atoms with E-state index in [2.05, 4.69) is 30.7 Å². The van der Waals surface area contributed by atoms with Crippen molar-refractivity contribution in [2.75, 3.05) is 19.0 Å². The number of amides is 3. The van der Waals surface area contributed by atoms with Crippen molar-refractivity contribution in [3.63, 3.8) is 0 Å². The van der Waals surface area contributed by atoms with Gasteiger partial charge in [0.2, 0.25) is 17.7 Å². The highest BCUT2D eigenvalue weighted by atomic mass is 19.4. The van der Waals surface area contributed by atoms with Crippen LogP contribution in [0.3, 0.4) is 0 Å². The zero-order chi connectivity index (χ0) is 38.5. The molecule has 16 heteroatoms. The van der Waals surface area contributed by atoms with Gasteiger partial charge in [0.05, 0.1) is 12.6 Å². The number of hydrogen-bond acceptors (Lipinski definition) is 9. The van der Waals surface area contributed by atoms with E-state index in [0.29, 0.717) is 41.3 Å². The number of pyridine rings is 1. The second-order valence-electron chi connectivity index (χ2n) is 14.6. The van der Waals surface area contributed by atoms with Gasteiger partial charge in [-0.1, -0.05) is 25.8 Å². The van der Waals surface area contributed by atoms with Crippen LogP contribution in [0.4, 0.5) is 19.0 Å². The summed E-state index contributed by atoms with van der Waals surface area (Å²) >= 11 is 0. The number of nitrogens with one attached hydrogen (secondary N) is 2. The largest absolute Gasteiger partial charge is 0.467 e. The molecule has 7 rings (SSSR count). The topological polar surface area (TPSA) is 161 Å². The van der Waals surface area contributed by atoms with E-state index in [-0.39, 0.29) is 54.6 Å². The van der Waals surface area contributed by atoms with Crippen LogP contribution in [0.2, 0.25) is 0 Å². The fraction of sp³-hybridized carbons (Fsp3) is 0.474. The summed E-state index contributed by atoms with van der Waals surface area (Å²) in [7, 11) is 1.47. The Morgan fingerprint density at radius 2 is 1.76 bits per heavy atom. The van der Waals surface area contributed by atoms with Gasteiger partial charge in [0, 0.05) is 54.7 Å². The molecule has 4 aromatic rings. The summed E-state index contributed by atoms with van der Waals surface area (Å²) in [6, 6.07) is 4.59. The fourth-order valence-corrected chi connectivity index (χ4v) is 8.27. The van der Waals surface area contributed by atoms with Crippen LogP contribution in [-0.2, 0) is 33.5 Å². The third-order valence-corrected chi connectivity index (χ3v) is 11.2. The van der Waals surface area contributed by atoms with Crippen molar-refractivity contribution >= 4 is 40.2 Å². The molecule has 1 unspecified atom stereocenters. The number of hydrogen-bond donors (Lipinski definition) is 2. The Morgan fingerprint density at radius 1 is 1.04 bits per heavy atom. The number of ketones is 1. The summed E-state index contributed by atoms with van der Waals surface area (Å²) in [5.41, 5.74) is 1.65. The third kappa shape index (κ3) is 6.77. The monoisotopic (exact) mass is 746 g/mol. The quantitative estimate of drug-likeness (QED) is 0.259. The van der Waals surface area contributed by atoms with Crippen molar-refractivity contribution < 1.29 is 37.1 Å². The van der Waals surface area contributed by atoms with Crippen LogP contribution in [0.1, 0.15) is 79.7 Å². The number of piperidine rings is 1. The van der Waals surface area contributed by atoms with Crippen molar-refractivity contribution in [2.24, 2.45) is 11.3 Å². The summed E-state index contributed by atoms with van der Waals surface area (Å²) < 4.78 is 47.3. The molecule has 3 aliphatic rings. The first-order valence-corrected chi connectivity index (χ1v) is 18.1. The highest BCUT2D eigenvalue weighted by Crippen LogP contribution is 2.64. The molecule has 1 aliphatic carbocycles. The standard InChI is InChI=1S/C38H41F3N8O5/c1-20-11-12-28(38(39,40)41)45-34(20)46-35(53)27-15-37-19-44-29(51)10-8-6-5-7-9-23-13-24(25-16-42-36(54-4)43-17-25)14-26-31(22(3)50)47-48(32(23)26)18-30(52)49(27)33(37)21(37)2/h11-14,16-17,21,27,33H,5-10,15,18-19H2,1-4H3,(H,44,51)(H,45,46,53)/t21-,27-,33?,37+/m0/s1. The number of methoxy groups -OCH3 is 1. The molecule has 2 aliphatic heterocycles. The van der Waals surface area contributed by atoms with E-state index in [1.807, 2.05) is 19.1 Å². The zero-order valence-corrected chi connectivity index (χ0v) is 30.4. The number of carbonyl (C=O) groups excluding carboxylic acids is 4. The first-order chi connectivity index (χ1) is 25.7. The molecule has 2 bridgehead atoms. The molecule has 3 aromatic heterocycles. The number of ether oxygens (including phenoxy) is 1. The van der Waals surface area contributed by atoms with Gasteiger partial charge in [-0.05, 0) is 73.4 Å². The number of halogens is 3. The Labute approximate surface area is 309 Å². The molecule has 54 heavy (non-hydrogen) atoms. The Bertz CT molecular complexity index is 2150. The van der Waals surface area contributed by atoms with Crippen molar-refractivity contribution in [1.29, 1.82) is 0 Å². The predicted molar refractivity (Wildman–Crippen MR) is 190 cm³/mol. The highest BCUT2D eigenvalue weighted by Gasteiger charge is 2.72. The van der Waals surface area contributed by atoms with Crippen molar-refractivity contribution in [3.8, 4) is 17.1 Å². The molecular weight excluding hydrogens is 705 g/mol. The third-order valence-electron chi connectivity index (χ3n) is 11.2. The smallest absolute Gasteiger partial charge is 0.433 e. The molecule has 1 aromatic carbocycles. The fourth-order valence-electron chi connectivity index (χ4n) is 8.27. The number of aryl methyl sites for hydroxylation is 2. The summed E-state index contributed by atoms with van der Waals surface area (Å²) in [5, 5.41) is 10.8. The molecule has 284 valence electrons. The number of carbonyl (C=O) groups is 4. The lowest BCUT2D eigenvalue weighted by Gasteiger charge is -2.28. The Balaban J connectivity index is 1.29. The molecule has 1 saturated heterocycles. The maximum atomic E-state index is 14.6. The van der Waals surface area contributed by atoms with E-state index in [4.69, 9.17) is 4.74 Å². The minimum atomic E-state index is -4.73. The molecule has 4 atom stereocenters. The lowest BCUT2D eigenvalue weighted by Crippen LogP contribution is -2.47. The average Bonchev–Trinajstić information content (AvgIpc) is 3.39. The second-order valence-corrected chi connectivity index (χ2v) is 14.6. The van der Waals surface area contributed by atoms with Crippen molar-refractivity contribution in [3.05, 3.63) is 59.2 Å². The maximum Gasteiger partial charge on any atom is 0.433 e. The van der Waals surface area contributed by atoms with Crippen LogP contribution in [0, 0.1) is 18.3 Å². The van der Waals surface area contributed by atoms with E-state index in [1.165, 1.54) is 36.6 Å².